The maximum absolute atomic E-state index is 11.2. The van der Waals surface area contributed by atoms with Crippen LogP contribution in [0.2, 0.25) is 0 Å². The lowest BCUT2D eigenvalue weighted by Crippen LogP contribution is -2.37. The fourth-order valence-corrected chi connectivity index (χ4v) is 1.81. The van der Waals surface area contributed by atoms with Crippen LogP contribution in [0.5, 0.6) is 5.75 Å². The van der Waals surface area contributed by atoms with Crippen molar-refractivity contribution in [2.45, 2.75) is 13.8 Å². The van der Waals surface area contributed by atoms with Crippen LogP contribution >= 0.6 is 0 Å². The molecule has 0 unspecified atom stereocenters. The number of nitrogens with zero attached hydrogens (tertiary/aromatic N) is 3. The van der Waals surface area contributed by atoms with Crippen LogP contribution in [0.3, 0.4) is 0 Å². The highest BCUT2D eigenvalue weighted by Crippen LogP contribution is 2.31. The Morgan fingerprint density at radius 2 is 2.21 bits per heavy atom. The summed E-state index contributed by atoms with van der Waals surface area (Å²) in [5.74, 6) is 1.59. The second-order valence-electron chi connectivity index (χ2n) is 4.57. The molecule has 1 aromatic rings. The van der Waals surface area contributed by atoms with Gasteiger partial charge >= 0.3 is 0 Å². The summed E-state index contributed by atoms with van der Waals surface area (Å²) in [6.45, 7) is 4.86. The number of ether oxygens (including phenoxy) is 1. The van der Waals surface area contributed by atoms with Crippen molar-refractivity contribution in [1.29, 1.82) is 0 Å². The molecule has 1 aromatic heterocycles. The van der Waals surface area contributed by atoms with E-state index in [1.54, 1.807) is 19.1 Å². The molecule has 7 nitrogen and oxygen atoms in total. The first kappa shape index (κ1) is 15.0. The molecule has 0 aromatic carbocycles. The second kappa shape index (κ2) is 6.77. The lowest BCUT2D eigenvalue weighted by atomic mass is 10.2. The van der Waals surface area contributed by atoms with Gasteiger partial charge in [-0.3, -0.25) is 4.79 Å². The molecule has 0 bridgehead atoms. The minimum Gasteiger partial charge on any atom is -0.490 e. The first-order valence-electron chi connectivity index (χ1n) is 6.09. The fraction of sp³-hybridized carbons (Fsp3) is 0.583. The summed E-state index contributed by atoms with van der Waals surface area (Å²) in [7, 11) is 3.29. The quantitative estimate of drug-likeness (QED) is 0.746. The van der Waals surface area contributed by atoms with Crippen LogP contribution in [0.25, 0.3) is 0 Å². The number of methoxy groups -OCH3 is 1. The SMILES string of the molecule is CNc1ncnc(N(CC(N)=O)CC(C)C)c1OC. The van der Waals surface area contributed by atoms with E-state index in [-0.39, 0.29) is 6.54 Å². The molecule has 1 rings (SSSR count). The number of nitrogens with one attached hydrogen (secondary N) is 1. The molecule has 0 saturated carbocycles. The van der Waals surface area contributed by atoms with Crippen molar-refractivity contribution in [2.75, 3.05) is 37.5 Å². The van der Waals surface area contributed by atoms with E-state index in [1.165, 1.54) is 6.33 Å². The van der Waals surface area contributed by atoms with Gasteiger partial charge in [0.05, 0.1) is 13.7 Å². The zero-order chi connectivity index (χ0) is 14.4. The smallest absolute Gasteiger partial charge is 0.237 e. The van der Waals surface area contributed by atoms with E-state index in [9.17, 15) is 4.79 Å². The summed E-state index contributed by atoms with van der Waals surface area (Å²) < 4.78 is 5.33. The highest BCUT2D eigenvalue weighted by molar-refractivity contribution is 5.80. The molecule has 0 radical (unpaired) electrons. The molecular formula is C12H21N5O2. The summed E-state index contributed by atoms with van der Waals surface area (Å²) in [5.41, 5.74) is 5.29. The Hall–Kier alpha value is -2.05. The number of rotatable bonds is 7. The van der Waals surface area contributed by atoms with Crippen LogP contribution in [-0.4, -0.2) is 43.1 Å². The number of primary amides is 1. The molecule has 0 saturated heterocycles. The first-order chi connectivity index (χ1) is 8.99. The van der Waals surface area contributed by atoms with Gasteiger partial charge in [-0.1, -0.05) is 13.8 Å². The molecule has 0 fully saturated rings. The van der Waals surface area contributed by atoms with Crippen LogP contribution in [0, 0.1) is 5.92 Å². The van der Waals surface area contributed by atoms with Crippen molar-refractivity contribution in [1.82, 2.24) is 9.97 Å². The number of carbonyl (C=O) groups is 1. The normalized spacial score (nSPS) is 10.4. The molecule has 0 aliphatic rings. The molecule has 1 heterocycles. The highest BCUT2D eigenvalue weighted by atomic mass is 16.5. The number of aromatic nitrogens is 2. The van der Waals surface area contributed by atoms with E-state index in [4.69, 9.17) is 10.5 Å². The van der Waals surface area contributed by atoms with E-state index in [0.29, 0.717) is 29.8 Å². The van der Waals surface area contributed by atoms with Gasteiger partial charge in [-0.25, -0.2) is 9.97 Å². The third-order valence-electron chi connectivity index (χ3n) is 2.46. The van der Waals surface area contributed by atoms with Crippen molar-refractivity contribution in [3.63, 3.8) is 0 Å². The van der Waals surface area contributed by atoms with Crippen molar-refractivity contribution in [3.05, 3.63) is 6.33 Å². The Morgan fingerprint density at radius 1 is 1.53 bits per heavy atom. The van der Waals surface area contributed by atoms with E-state index in [1.807, 2.05) is 0 Å². The average Bonchev–Trinajstić information content (AvgIpc) is 2.35. The molecular weight excluding hydrogens is 246 g/mol. The van der Waals surface area contributed by atoms with Crippen LogP contribution in [-0.2, 0) is 4.79 Å². The van der Waals surface area contributed by atoms with Crippen molar-refractivity contribution in [3.8, 4) is 5.75 Å². The van der Waals surface area contributed by atoms with Crippen LogP contribution in [0.15, 0.2) is 6.33 Å². The number of carbonyl (C=O) groups excluding carboxylic acids is 1. The Kier molecular flexibility index (Phi) is 5.35. The molecule has 0 atom stereocenters. The highest BCUT2D eigenvalue weighted by Gasteiger charge is 2.20. The summed E-state index contributed by atoms with van der Waals surface area (Å²) in [6.07, 6.45) is 1.43. The van der Waals surface area contributed by atoms with Gasteiger partial charge in [0.2, 0.25) is 11.7 Å². The minimum absolute atomic E-state index is 0.0920. The average molecular weight is 267 g/mol. The molecule has 106 valence electrons. The maximum Gasteiger partial charge on any atom is 0.237 e. The van der Waals surface area contributed by atoms with E-state index in [2.05, 4.69) is 29.1 Å². The van der Waals surface area contributed by atoms with Gasteiger partial charge in [0.1, 0.15) is 6.33 Å². The monoisotopic (exact) mass is 267 g/mol. The van der Waals surface area contributed by atoms with Gasteiger partial charge in [-0.05, 0) is 5.92 Å². The van der Waals surface area contributed by atoms with Crippen LogP contribution < -0.4 is 20.7 Å². The number of hydrogen-bond acceptors (Lipinski definition) is 6. The third kappa shape index (κ3) is 3.97. The predicted octanol–water partition coefficient (Wildman–Crippen LogP) is 0.475. The molecule has 3 N–H and O–H groups in total. The first-order valence-corrected chi connectivity index (χ1v) is 6.09. The van der Waals surface area contributed by atoms with E-state index < -0.39 is 5.91 Å². The zero-order valence-corrected chi connectivity index (χ0v) is 11.8. The molecule has 0 spiro atoms. The number of nitrogens with two attached hydrogens (primary N) is 1. The number of amides is 1. The number of hydrogen-bond donors (Lipinski definition) is 2. The van der Waals surface area contributed by atoms with Crippen molar-refractivity contribution >= 4 is 17.5 Å². The van der Waals surface area contributed by atoms with Crippen molar-refractivity contribution < 1.29 is 9.53 Å². The predicted molar refractivity (Wildman–Crippen MR) is 74.4 cm³/mol. The summed E-state index contributed by atoms with van der Waals surface area (Å²) in [4.78, 5) is 21.3. The Morgan fingerprint density at radius 3 is 2.68 bits per heavy atom. The standard InChI is InChI=1S/C12H21N5O2/c1-8(2)5-17(6-9(13)18)12-10(19-4)11(14-3)15-7-16-12/h7-8H,5-6H2,1-4H3,(H2,13,18)(H,14,15,16). The van der Waals surface area contributed by atoms with E-state index >= 15 is 0 Å². The van der Waals surface area contributed by atoms with Crippen LogP contribution in [0.1, 0.15) is 13.8 Å². The van der Waals surface area contributed by atoms with Gasteiger partial charge in [-0.2, -0.15) is 0 Å². The Labute approximate surface area is 113 Å². The number of anilines is 2. The van der Waals surface area contributed by atoms with Crippen molar-refractivity contribution in [2.24, 2.45) is 11.7 Å². The fourth-order valence-electron chi connectivity index (χ4n) is 1.81. The lowest BCUT2D eigenvalue weighted by molar-refractivity contribution is -0.116. The summed E-state index contributed by atoms with van der Waals surface area (Å²) >= 11 is 0. The molecule has 7 heteroatoms. The Bertz CT molecular complexity index is 436. The van der Waals surface area contributed by atoms with Gasteiger partial charge in [0.25, 0.3) is 0 Å². The second-order valence-corrected chi connectivity index (χ2v) is 4.57. The van der Waals surface area contributed by atoms with Gasteiger partial charge < -0.3 is 20.7 Å². The van der Waals surface area contributed by atoms with Gasteiger partial charge in [-0.15, -0.1) is 0 Å². The molecule has 19 heavy (non-hydrogen) atoms. The van der Waals surface area contributed by atoms with Crippen LogP contribution in [0.4, 0.5) is 11.6 Å². The molecule has 0 aliphatic heterocycles. The Balaban J connectivity index is 3.16. The lowest BCUT2D eigenvalue weighted by Gasteiger charge is -2.26. The molecule has 0 aliphatic carbocycles. The largest absolute Gasteiger partial charge is 0.490 e. The summed E-state index contributed by atoms with van der Waals surface area (Å²) in [6, 6.07) is 0. The topological polar surface area (TPSA) is 93.4 Å². The van der Waals surface area contributed by atoms with E-state index in [0.717, 1.165) is 0 Å². The van der Waals surface area contributed by atoms with Gasteiger partial charge in [0, 0.05) is 13.6 Å². The molecule has 1 amide bonds. The third-order valence-corrected chi connectivity index (χ3v) is 2.46. The summed E-state index contributed by atoms with van der Waals surface area (Å²) in [5, 5.41) is 2.93. The minimum atomic E-state index is -0.410. The van der Waals surface area contributed by atoms with Gasteiger partial charge in [0.15, 0.2) is 11.6 Å². The zero-order valence-electron chi connectivity index (χ0n) is 11.8. The maximum atomic E-state index is 11.2.